The lowest BCUT2D eigenvalue weighted by molar-refractivity contribution is 0.628. The molecule has 0 amide bonds. The normalized spacial score (nSPS) is 12.2. The number of nitrogens with two attached hydrogens (primary N) is 1. The highest BCUT2D eigenvalue weighted by Gasteiger charge is 2.08. The van der Waals surface area contributed by atoms with E-state index in [1.807, 2.05) is 31.2 Å². The zero-order valence-corrected chi connectivity index (χ0v) is 10.7. The third-order valence-electron chi connectivity index (χ3n) is 2.76. The Morgan fingerprint density at radius 2 is 1.83 bits per heavy atom. The molecule has 0 aliphatic rings. The SMILES string of the molecule is CC(Nc1cc(F)ccc1N)c1ccc(Cl)cc1. The number of hydrogen-bond acceptors (Lipinski definition) is 2. The molecule has 0 aliphatic heterocycles. The van der Waals surface area contributed by atoms with Crippen molar-refractivity contribution in [3.8, 4) is 0 Å². The number of nitrogen functional groups attached to an aromatic ring is 1. The lowest BCUT2D eigenvalue weighted by Crippen LogP contribution is -2.08. The van der Waals surface area contributed by atoms with Crippen molar-refractivity contribution in [1.82, 2.24) is 0 Å². The standard InChI is InChI=1S/C14H14ClFN2/c1-9(10-2-4-11(15)5-3-10)18-14-8-12(16)6-7-13(14)17/h2-9,18H,17H2,1H3. The van der Waals surface area contributed by atoms with Gasteiger partial charge in [0.15, 0.2) is 0 Å². The monoisotopic (exact) mass is 264 g/mol. The van der Waals surface area contributed by atoms with Gasteiger partial charge in [-0.3, -0.25) is 0 Å². The maximum absolute atomic E-state index is 13.1. The van der Waals surface area contributed by atoms with Crippen molar-refractivity contribution < 1.29 is 4.39 Å². The zero-order valence-electron chi connectivity index (χ0n) is 9.95. The van der Waals surface area contributed by atoms with Gasteiger partial charge < -0.3 is 11.1 Å². The van der Waals surface area contributed by atoms with Crippen molar-refractivity contribution in [1.29, 1.82) is 0 Å². The first kappa shape index (κ1) is 12.7. The van der Waals surface area contributed by atoms with Gasteiger partial charge in [-0.2, -0.15) is 0 Å². The van der Waals surface area contributed by atoms with E-state index in [-0.39, 0.29) is 11.9 Å². The number of rotatable bonds is 3. The van der Waals surface area contributed by atoms with Crippen LogP contribution in [0, 0.1) is 5.82 Å². The third-order valence-corrected chi connectivity index (χ3v) is 3.01. The van der Waals surface area contributed by atoms with E-state index >= 15 is 0 Å². The Kier molecular flexibility index (Phi) is 3.72. The minimum absolute atomic E-state index is 0.0198. The van der Waals surface area contributed by atoms with E-state index < -0.39 is 0 Å². The Morgan fingerprint density at radius 3 is 2.50 bits per heavy atom. The van der Waals surface area contributed by atoms with E-state index in [4.69, 9.17) is 17.3 Å². The fourth-order valence-corrected chi connectivity index (χ4v) is 1.85. The van der Waals surface area contributed by atoms with Crippen molar-refractivity contribution in [2.24, 2.45) is 0 Å². The van der Waals surface area contributed by atoms with Gasteiger partial charge in [0.2, 0.25) is 0 Å². The van der Waals surface area contributed by atoms with Crippen LogP contribution in [0.15, 0.2) is 42.5 Å². The highest BCUT2D eigenvalue weighted by Crippen LogP contribution is 2.25. The van der Waals surface area contributed by atoms with E-state index in [1.54, 1.807) is 6.07 Å². The predicted molar refractivity (Wildman–Crippen MR) is 74.3 cm³/mol. The molecule has 0 radical (unpaired) electrons. The molecule has 0 heterocycles. The van der Waals surface area contributed by atoms with Crippen molar-refractivity contribution in [2.75, 3.05) is 11.1 Å². The Bertz CT molecular complexity index is 540. The topological polar surface area (TPSA) is 38.0 Å². The van der Waals surface area contributed by atoms with Gasteiger partial charge in [-0.15, -0.1) is 0 Å². The van der Waals surface area contributed by atoms with Gasteiger partial charge in [0, 0.05) is 11.1 Å². The minimum atomic E-state index is -0.310. The first-order chi connectivity index (χ1) is 8.56. The highest BCUT2D eigenvalue weighted by atomic mass is 35.5. The molecule has 18 heavy (non-hydrogen) atoms. The molecule has 2 rings (SSSR count). The quantitative estimate of drug-likeness (QED) is 0.814. The number of nitrogens with one attached hydrogen (secondary N) is 1. The van der Waals surface area contributed by atoms with Crippen LogP contribution in [0.5, 0.6) is 0 Å². The second kappa shape index (κ2) is 5.27. The Morgan fingerprint density at radius 1 is 1.17 bits per heavy atom. The summed E-state index contributed by atoms with van der Waals surface area (Å²) >= 11 is 5.83. The fourth-order valence-electron chi connectivity index (χ4n) is 1.72. The lowest BCUT2D eigenvalue weighted by atomic mass is 10.1. The lowest BCUT2D eigenvalue weighted by Gasteiger charge is -2.17. The highest BCUT2D eigenvalue weighted by molar-refractivity contribution is 6.30. The second-order valence-electron chi connectivity index (χ2n) is 4.15. The molecule has 2 aromatic carbocycles. The Labute approximate surface area is 111 Å². The molecule has 0 saturated heterocycles. The summed E-state index contributed by atoms with van der Waals surface area (Å²) in [5.74, 6) is -0.310. The van der Waals surface area contributed by atoms with E-state index in [9.17, 15) is 4.39 Å². The maximum Gasteiger partial charge on any atom is 0.125 e. The predicted octanol–water partition coefficient (Wildman–Crippen LogP) is 4.23. The van der Waals surface area contributed by atoms with Crippen LogP contribution in [0.25, 0.3) is 0 Å². The van der Waals surface area contributed by atoms with Gasteiger partial charge in [-0.05, 0) is 42.8 Å². The van der Waals surface area contributed by atoms with Gasteiger partial charge in [0.1, 0.15) is 5.82 Å². The van der Waals surface area contributed by atoms with Gasteiger partial charge in [-0.1, -0.05) is 23.7 Å². The van der Waals surface area contributed by atoms with Crippen molar-refractivity contribution in [3.05, 3.63) is 58.9 Å². The van der Waals surface area contributed by atoms with Crippen molar-refractivity contribution >= 4 is 23.0 Å². The van der Waals surface area contributed by atoms with Crippen LogP contribution in [-0.2, 0) is 0 Å². The summed E-state index contributed by atoms with van der Waals surface area (Å²) in [6, 6.07) is 11.8. The first-order valence-electron chi connectivity index (χ1n) is 5.63. The molecule has 4 heteroatoms. The number of halogens is 2. The van der Waals surface area contributed by atoms with Crippen LogP contribution in [0.2, 0.25) is 5.02 Å². The van der Waals surface area contributed by atoms with Crippen LogP contribution in [0.3, 0.4) is 0 Å². The average molecular weight is 265 g/mol. The van der Waals surface area contributed by atoms with E-state index in [0.717, 1.165) is 5.56 Å². The van der Waals surface area contributed by atoms with E-state index in [1.165, 1.54) is 12.1 Å². The molecule has 0 bridgehead atoms. The summed E-state index contributed by atoms with van der Waals surface area (Å²) < 4.78 is 13.1. The van der Waals surface area contributed by atoms with Gasteiger partial charge in [0.25, 0.3) is 0 Å². The smallest absolute Gasteiger partial charge is 0.125 e. The van der Waals surface area contributed by atoms with Crippen LogP contribution in [0.4, 0.5) is 15.8 Å². The van der Waals surface area contributed by atoms with Gasteiger partial charge in [-0.25, -0.2) is 4.39 Å². The molecular weight excluding hydrogens is 251 g/mol. The molecule has 0 aliphatic carbocycles. The molecule has 0 aromatic heterocycles. The second-order valence-corrected chi connectivity index (χ2v) is 4.59. The summed E-state index contributed by atoms with van der Waals surface area (Å²) in [6.45, 7) is 1.98. The van der Waals surface area contributed by atoms with Crippen LogP contribution >= 0.6 is 11.6 Å². The molecule has 3 N–H and O–H groups in total. The zero-order chi connectivity index (χ0) is 13.1. The molecule has 0 saturated carbocycles. The summed E-state index contributed by atoms with van der Waals surface area (Å²) in [6.07, 6.45) is 0. The molecular formula is C14H14ClFN2. The van der Waals surface area contributed by atoms with E-state index in [0.29, 0.717) is 16.4 Å². The molecule has 94 valence electrons. The van der Waals surface area contributed by atoms with Gasteiger partial charge in [0.05, 0.1) is 11.4 Å². The molecule has 2 aromatic rings. The van der Waals surface area contributed by atoms with Gasteiger partial charge >= 0.3 is 0 Å². The Hall–Kier alpha value is -1.74. The Balaban J connectivity index is 2.18. The largest absolute Gasteiger partial charge is 0.397 e. The molecule has 1 unspecified atom stereocenters. The molecule has 2 nitrogen and oxygen atoms in total. The number of hydrogen-bond donors (Lipinski definition) is 2. The number of benzene rings is 2. The molecule has 0 fully saturated rings. The fraction of sp³-hybridized carbons (Fsp3) is 0.143. The summed E-state index contributed by atoms with van der Waals surface area (Å²) in [5, 5.41) is 3.87. The van der Waals surface area contributed by atoms with Crippen molar-refractivity contribution in [2.45, 2.75) is 13.0 Å². The van der Waals surface area contributed by atoms with Crippen LogP contribution in [-0.4, -0.2) is 0 Å². The van der Waals surface area contributed by atoms with Crippen LogP contribution in [0.1, 0.15) is 18.5 Å². The van der Waals surface area contributed by atoms with Crippen LogP contribution < -0.4 is 11.1 Å². The average Bonchev–Trinajstić information content (AvgIpc) is 2.34. The minimum Gasteiger partial charge on any atom is -0.397 e. The summed E-state index contributed by atoms with van der Waals surface area (Å²) in [4.78, 5) is 0. The van der Waals surface area contributed by atoms with E-state index in [2.05, 4.69) is 5.32 Å². The first-order valence-corrected chi connectivity index (χ1v) is 6.01. The maximum atomic E-state index is 13.1. The molecule has 0 spiro atoms. The summed E-state index contributed by atoms with van der Waals surface area (Å²) in [7, 11) is 0. The number of anilines is 2. The van der Waals surface area contributed by atoms with Crippen molar-refractivity contribution in [3.63, 3.8) is 0 Å². The summed E-state index contributed by atoms with van der Waals surface area (Å²) in [5.41, 5.74) is 7.97. The molecule has 1 atom stereocenters. The third kappa shape index (κ3) is 2.93.